The van der Waals surface area contributed by atoms with Gasteiger partial charge in [0.25, 0.3) is 5.91 Å². The second-order valence-electron chi connectivity index (χ2n) is 3.29. The molecule has 1 rings (SSSR count). The highest BCUT2D eigenvalue weighted by molar-refractivity contribution is 5.92. The fourth-order valence-corrected chi connectivity index (χ4v) is 1.14. The maximum atomic E-state index is 11.4. The number of hydrogen-bond acceptors (Lipinski definition) is 3. The SMILES string of the molecule is CCCCCNC(=O)c1cc(C)on1. The molecule has 0 atom stereocenters. The number of nitrogens with zero attached hydrogens (tertiary/aromatic N) is 1. The van der Waals surface area contributed by atoms with Crippen LogP contribution in [0, 0.1) is 6.92 Å². The van der Waals surface area contributed by atoms with Gasteiger partial charge in [-0.25, -0.2) is 0 Å². The van der Waals surface area contributed by atoms with Gasteiger partial charge in [-0.05, 0) is 13.3 Å². The van der Waals surface area contributed by atoms with E-state index in [0.29, 0.717) is 18.0 Å². The van der Waals surface area contributed by atoms with Crippen molar-refractivity contribution >= 4 is 5.91 Å². The summed E-state index contributed by atoms with van der Waals surface area (Å²) in [5.74, 6) is 0.502. The standard InChI is InChI=1S/C10H16N2O2/c1-3-4-5-6-11-10(13)9-7-8(2)14-12-9/h7H,3-6H2,1-2H3,(H,11,13). The number of nitrogens with one attached hydrogen (secondary N) is 1. The normalized spacial score (nSPS) is 10.1. The molecule has 1 N–H and O–H groups in total. The molecule has 1 aromatic heterocycles. The first-order valence-electron chi connectivity index (χ1n) is 4.95. The Hall–Kier alpha value is -1.32. The van der Waals surface area contributed by atoms with Gasteiger partial charge in [0, 0.05) is 12.6 Å². The van der Waals surface area contributed by atoms with Crippen molar-refractivity contribution in [2.24, 2.45) is 0 Å². The van der Waals surface area contributed by atoms with E-state index < -0.39 is 0 Å². The summed E-state index contributed by atoms with van der Waals surface area (Å²) in [6.45, 7) is 4.60. The van der Waals surface area contributed by atoms with Crippen LogP contribution in [-0.2, 0) is 0 Å². The van der Waals surface area contributed by atoms with Gasteiger partial charge in [-0.3, -0.25) is 4.79 Å². The van der Waals surface area contributed by atoms with Crippen LogP contribution < -0.4 is 5.32 Å². The van der Waals surface area contributed by atoms with Crippen LogP contribution in [0.15, 0.2) is 10.6 Å². The lowest BCUT2D eigenvalue weighted by Crippen LogP contribution is -2.24. The molecule has 0 aliphatic heterocycles. The van der Waals surface area contributed by atoms with Gasteiger partial charge in [0.2, 0.25) is 0 Å². The zero-order chi connectivity index (χ0) is 10.4. The minimum Gasteiger partial charge on any atom is -0.361 e. The van der Waals surface area contributed by atoms with Crippen molar-refractivity contribution in [1.82, 2.24) is 10.5 Å². The van der Waals surface area contributed by atoms with Gasteiger partial charge in [-0.2, -0.15) is 0 Å². The molecule has 0 saturated heterocycles. The van der Waals surface area contributed by atoms with E-state index in [0.717, 1.165) is 19.3 Å². The first-order valence-corrected chi connectivity index (χ1v) is 4.95. The summed E-state index contributed by atoms with van der Waals surface area (Å²) in [7, 11) is 0. The molecule has 4 nitrogen and oxygen atoms in total. The number of amides is 1. The van der Waals surface area contributed by atoms with Crippen LogP contribution in [0.5, 0.6) is 0 Å². The third-order valence-corrected chi connectivity index (χ3v) is 1.93. The van der Waals surface area contributed by atoms with Crippen molar-refractivity contribution in [3.63, 3.8) is 0 Å². The van der Waals surface area contributed by atoms with Crippen LogP contribution in [0.25, 0.3) is 0 Å². The Morgan fingerprint density at radius 1 is 1.57 bits per heavy atom. The summed E-state index contributed by atoms with van der Waals surface area (Å²) < 4.78 is 4.80. The van der Waals surface area contributed by atoms with E-state index in [4.69, 9.17) is 4.52 Å². The quantitative estimate of drug-likeness (QED) is 0.732. The molecule has 4 heteroatoms. The Balaban J connectivity index is 2.29. The number of rotatable bonds is 5. The zero-order valence-corrected chi connectivity index (χ0v) is 8.67. The second kappa shape index (κ2) is 5.42. The molecule has 0 unspecified atom stereocenters. The molecule has 0 saturated carbocycles. The molecule has 0 bridgehead atoms. The Morgan fingerprint density at radius 3 is 2.93 bits per heavy atom. The highest BCUT2D eigenvalue weighted by Gasteiger charge is 2.09. The van der Waals surface area contributed by atoms with E-state index in [1.165, 1.54) is 0 Å². The summed E-state index contributed by atoms with van der Waals surface area (Å²) in [6.07, 6.45) is 3.30. The third kappa shape index (κ3) is 3.20. The smallest absolute Gasteiger partial charge is 0.273 e. The minimum atomic E-state index is -0.155. The Bertz CT molecular complexity index is 294. The molecular weight excluding hydrogens is 180 g/mol. The lowest BCUT2D eigenvalue weighted by Gasteiger charge is -2.00. The minimum absolute atomic E-state index is 0.155. The van der Waals surface area contributed by atoms with Gasteiger partial charge in [-0.15, -0.1) is 0 Å². The van der Waals surface area contributed by atoms with E-state index in [2.05, 4.69) is 17.4 Å². The maximum Gasteiger partial charge on any atom is 0.273 e. The fraction of sp³-hybridized carbons (Fsp3) is 0.600. The summed E-state index contributed by atoms with van der Waals surface area (Å²) in [4.78, 5) is 11.4. The van der Waals surface area contributed by atoms with Crippen LogP contribution in [0.1, 0.15) is 42.4 Å². The zero-order valence-electron chi connectivity index (χ0n) is 8.67. The molecule has 1 aromatic rings. The topological polar surface area (TPSA) is 55.1 Å². The number of unbranched alkanes of at least 4 members (excludes halogenated alkanes) is 2. The van der Waals surface area contributed by atoms with Gasteiger partial charge in [0.05, 0.1) is 0 Å². The van der Waals surface area contributed by atoms with Crippen LogP contribution in [-0.4, -0.2) is 17.6 Å². The molecular formula is C10H16N2O2. The Morgan fingerprint density at radius 2 is 2.36 bits per heavy atom. The van der Waals surface area contributed by atoms with Crippen molar-refractivity contribution in [3.05, 3.63) is 17.5 Å². The van der Waals surface area contributed by atoms with E-state index in [1.54, 1.807) is 13.0 Å². The molecule has 14 heavy (non-hydrogen) atoms. The fourth-order valence-electron chi connectivity index (χ4n) is 1.14. The van der Waals surface area contributed by atoms with E-state index in [1.807, 2.05) is 0 Å². The van der Waals surface area contributed by atoms with E-state index in [9.17, 15) is 4.79 Å². The number of aromatic nitrogens is 1. The predicted octanol–water partition coefficient (Wildman–Crippen LogP) is 1.90. The van der Waals surface area contributed by atoms with Crippen molar-refractivity contribution in [2.45, 2.75) is 33.1 Å². The predicted molar refractivity (Wildman–Crippen MR) is 53.1 cm³/mol. The summed E-state index contributed by atoms with van der Waals surface area (Å²) in [6, 6.07) is 1.63. The van der Waals surface area contributed by atoms with Gasteiger partial charge in [0.15, 0.2) is 5.69 Å². The molecule has 78 valence electrons. The van der Waals surface area contributed by atoms with Crippen molar-refractivity contribution in [3.8, 4) is 0 Å². The molecule has 0 radical (unpaired) electrons. The lowest BCUT2D eigenvalue weighted by molar-refractivity contribution is 0.0944. The van der Waals surface area contributed by atoms with Crippen molar-refractivity contribution < 1.29 is 9.32 Å². The number of carbonyl (C=O) groups is 1. The van der Waals surface area contributed by atoms with Crippen LogP contribution in [0.4, 0.5) is 0 Å². The highest BCUT2D eigenvalue weighted by Crippen LogP contribution is 2.01. The van der Waals surface area contributed by atoms with Gasteiger partial charge >= 0.3 is 0 Å². The Labute approximate surface area is 83.7 Å². The highest BCUT2D eigenvalue weighted by atomic mass is 16.5. The van der Waals surface area contributed by atoms with Crippen LogP contribution in [0.3, 0.4) is 0 Å². The summed E-state index contributed by atoms with van der Waals surface area (Å²) >= 11 is 0. The molecule has 0 aliphatic rings. The van der Waals surface area contributed by atoms with Gasteiger partial charge < -0.3 is 9.84 Å². The van der Waals surface area contributed by atoms with E-state index >= 15 is 0 Å². The largest absolute Gasteiger partial charge is 0.361 e. The van der Waals surface area contributed by atoms with E-state index in [-0.39, 0.29) is 5.91 Å². The third-order valence-electron chi connectivity index (χ3n) is 1.93. The molecule has 1 amide bonds. The Kier molecular flexibility index (Phi) is 4.16. The van der Waals surface area contributed by atoms with Crippen LogP contribution in [0.2, 0.25) is 0 Å². The van der Waals surface area contributed by atoms with Gasteiger partial charge in [0.1, 0.15) is 5.76 Å². The van der Waals surface area contributed by atoms with Crippen LogP contribution >= 0.6 is 0 Å². The number of aryl methyl sites for hydroxylation is 1. The van der Waals surface area contributed by atoms with Crippen molar-refractivity contribution in [1.29, 1.82) is 0 Å². The summed E-state index contributed by atoms with van der Waals surface area (Å²) in [5, 5.41) is 6.41. The average molecular weight is 196 g/mol. The van der Waals surface area contributed by atoms with Crippen molar-refractivity contribution in [2.75, 3.05) is 6.54 Å². The number of hydrogen-bond donors (Lipinski definition) is 1. The molecule has 0 aliphatic carbocycles. The maximum absolute atomic E-state index is 11.4. The first kappa shape index (κ1) is 10.8. The molecule has 1 heterocycles. The lowest BCUT2D eigenvalue weighted by atomic mass is 10.2. The average Bonchev–Trinajstić information content (AvgIpc) is 2.59. The number of carbonyl (C=O) groups excluding carboxylic acids is 1. The molecule has 0 fully saturated rings. The first-order chi connectivity index (χ1) is 6.74. The summed E-state index contributed by atoms with van der Waals surface area (Å²) in [5.41, 5.74) is 0.360. The molecule has 0 aromatic carbocycles. The monoisotopic (exact) mass is 196 g/mol. The second-order valence-corrected chi connectivity index (χ2v) is 3.29. The van der Waals surface area contributed by atoms with Gasteiger partial charge in [-0.1, -0.05) is 24.9 Å². The molecule has 0 spiro atoms.